The van der Waals surface area contributed by atoms with Crippen LogP contribution in [0.15, 0.2) is 12.2 Å². The van der Waals surface area contributed by atoms with Gasteiger partial charge in [-0.05, 0) is 12.8 Å². The molecular formula is C18H34O3S. The van der Waals surface area contributed by atoms with Gasteiger partial charge in [-0.2, -0.15) is 0 Å². The van der Waals surface area contributed by atoms with Gasteiger partial charge >= 0.3 is 0 Å². The van der Waals surface area contributed by atoms with Crippen molar-refractivity contribution in [1.29, 1.82) is 0 Å². The molecule has 0 aliphatic heterocycles. The molecule has 130 valence electrons. The molecule has 0 rings (SSSR count). The monoisotopic (exact) mass is 330 g/mol. The van der Waals surface area contributed by atoms with Crippen LogP contribution >= 0.6 is 11.8 Å². The van der Waals surface area contributed by atoms with Crippen LogP contribution in [-0.2, 0) is 9.53 Å². The van der Waals surface area contributed by atoms with E-state index in [1.807, 2.05) is 12.2 Å². The molecule has 0 amide bonds. The maximum atomic E-state index is 11.9. The molecule has 0 aromatic rings. The van der Waals surface area contributed by atoms with E-state index in [9.17, 15) is 9.90 Å². The van der Waals surface area contributed by atoms with Crippen molar-refractivity contribution >= 4 is 16.9 Å². The van der Waals surface area contributed by atoms with Gasteiger partial charge in [-0.1, -0.05) is 76.3 Å². The zero-order valence-electron chi connectivity index (χ0n) is 14.4. The molecule has 0 saturated carbocycles. The van der Waals surface area contributed by atoms with E-state index in [1.165, 1.54) is 43.9 Å². The maximum Gasteiger partial charge on any atom is 0.189 e. The number of allylic oxidation sites excluding steroid dienone is 1. The van der Waals surface area contributed by atoms with Gasteiger partial charge in [0.1, 0.15) is 0 Å². The van der Waals surface area contributed by atoms with Crippen molar-refractivity contribution in [3.05, 3.63) is 12.2 Å². The molecule has 0 saturated heterocycles. The third-order valence-electron chi connectivity index (χ3n) is 3.41. The Bertz CT molecular complexity index is 280. The Labute approximate surface area is 140 Å². The number of thioether (sulfide) groups is 1. The van der Waals surface area contributed by atoms with Crippen LogP contribution in [0.25, 0.3) is 0 Å². The highest BCUT2D eigenvalue weighted by molar-refractivity contribution is 8.14. The second-order valence-corrected chi connectivity index (χ2v) is 6.94. The van der Waals surface area contributed by atoms with E-state index < -0.39 is 0 Å². The standard InChI is InChI=1S/C18H34O3S/c1-3-5-7-8-9-10-11-13-18(20)22-17(15-19)16-21-14-12-6-4-2/h6,12,17,19H,3-5,7-11,13-16H2,1-2H3/b12-6-/t17-/m0/s1. The van der Waals surface area contributed by atoms with Crippen molar-refractivity contribution in [2.45, 2.75) is 76.9 Å². The van der Waals surface area contributed by atoms with Gasteiger partial charge in [-0.15, -0.1) is 0 Å². The lowest BCUT2D eigenvalue weighted by atomic mass is 10.1. The summed E-state index contributed by atoms with van der Waals surface area (Å²) in [5, 5.41) is 9.35. The quantitative estimate of drug-likeness (QED) is 0.348. The average Bonchev–Trinajstić information content (AvgIpc) is 2.52. The van der Waals surface area contributed by atoms with Crippen LogP contribution in [0.1, 0.15) is 71.6 Å². The number of unbranched alkanes of at least 4 members (excludes halogenated alkanes) is 6. The molecule has 0 fully saturated rings. The molecule has 0 aromatic carbocycles. The topological polar surface area (TPSA) is 46.5 Å². The molecule has 1 N–H and O–H groups in total. The first-order valence-corrected chi connectivity index (χ1v) is 9.65. The lowest BCUT2D eigenvalue weighted by Crippen LogP contribution is -2.19. The molecule has 4 heteroatoms. The molecule has 22 heavy (non-hydrogen) atoms. The second kappa shape index (κ2) is 17.0. The van der Waals surface area contributed by atoms with Crippen LogP contribution in [0.5, 0.6) is 0 Å². The smallest absolute Gasteiger partial charge is 0.189 e. The van der Waals surface area contributed by atoms with E-state index in [0.717, 1.165) is 19.3 Å². The van der Waals surface area contributed by atoms with Crippen molar-refractivity contribution in [3.8, 4) is 0 Å². The van der Waals surface area contributed by atoms with E-state index >= 15 is 0 Å². The minimum atomic E-state index is -0.132. The Kier molecular flexibility index (Phi) is 16.8. The molecule has 0 bridgehead atoms. The maximum absolute atomic E-state index is 11.9. The van der Waals surface area contributed by atoms with Crippen molar-refractivity contribution in [3.63, 3.8) is 0 Å². The van der Waals surface area contributed by atoms with Crippen molar-refractivity contribution in [2.24, 2.45) is 0 Å². The lowest BCUT2D eigenvalue weighted by molar-refractivity contribution is -0.111. The normalized spacial score (nSPS) is 12.9. The van der Waals surface area contributed by atoms with Gasteiger partial charge in [0.25, 0.3) is 0 Å². The first-order chi connectivity index (χ1) is 10.7. The first kappa shape index (κ1) is 21.7. The Morgan fingerprint density at radius 2 is 1.77 bits per heavy atom. The summed E-state index contributed by atoms with van der Waals surface area (Å²) in [7, 11) is 0. The van der Waals surface area contributed by atoms with E-state index in [-0.39, 0.29) is 17.0 Å². The second-order valence-electron chi connectivity index (χ2n) is 5.58. The number of aliphatic hydroxyl groups is 1. The molecular weight excluding hydrogens is 296 g/mol. The van der Waals surface area contributed by atoms with Crippen LogP contribution in [0, 0.1) is 0 Å². The fraction of sp³-hybridized carbons (Fsp3) is 0.833. The average molecular weight is 331 g/mol. The number of hydrogen-bond acceptors (Lipinski definition) is 4. The van der Waals surface area contributed by atoms with Gasteiger partial charge < -0.3 is 9.84 Å². The molecule has 0 spiro atoms. The van der Waals surface area contributed by atoms with Crippen molar-refractivity contribution < 1.29 is 14.6 Å². The van der Waals surface area contributed by atoms with Crippen LogP contribution < -0.4 is 0 Å². The fourth-order valence-corrected chi connectivity index (χ4v) is 2.97. The van der Waals surface area contributed by atoms with E-state index in [1.54, 1.807) is 0 Å². The molecule has 0 aromatic heterocycles. The highest BCUT2D eigenvalue weighted by atomic mass is 32.2. The van der Waals surface area contributed by atoms with Crippen LogP contribution in [0.2, 0.25) is 0 Å². The summed E-state index contributed by atoms with van der Waals surface area (Å²) in [6.07, 6.45) is 14.2. The number of rotatable bonds is 15. The Morgan fingerprint density at radius 1 is 1.09 bits per heavy atom. The summed E-state index contributed by atoms with van der Waals surface area (Å²) in [6, 6.07) is 0. The molecule has 0 aliphatic carbocycles. The van der Waals surface area contributed by atoms with E-state index in [0.29, 0.717) is 19.6 Å². The Morgan fingerprint density at radius 3 is 2.41 bits per heavy atom. The highest BCUT2D eigenvalue weighted by Crippen LogP contribution is 2.17. The number of ether oxygens (including phenoxy) is 1. The van der Waals surface area contributed by atoms with Crippen LogP contribution in [-0.4, -0.2) is 35.3 Å². The fourth-order valence-electron chi connectivity index (χ4n) is 2.10. The molecule has 3 nitrogen and oxygen atoms in total. The summed E-state index contributed by atoms with van der Waals surface area (Å²) in [5.41, 5.74) is 0. The molecule has 0 unspecified atom stereocenters. The van der Waals surface area contributed by atoms with Gasteiger partial charge in [-0.3, -0.25) is 4.79 Å². The van der Waals surface area contributed by atoms with E-state index in [2.05, 4.69) is 13.8 Å². The zero-order valence-corrected chi connectivity index (χ0v) is 15.2. The summed E-state index contributed by atoms with van der Waals surface area (Å²) in [5.74, 6) is 0. The SMILES string of the molecule is CC/C=C\COC[C@H](CO)SC(=O)CCCCCCCCC. The molecule has 0 heterocycles. The first-order valence-electron chi connectivity index (χ1n) is 8.77. The lowest BCUT2D eigenvalue weighted by Gasteiger charge is -2.12. The number of hydrogen-bond donors (Lipinski definition) is 1. The summed E-state index contributed by atoms with van der Waals surface area (Å²) >= 11 is 1.24. The third-order valence-corrected chi connectivity index (χ3v) is 4.49. The molecule has 1 atom stereocenters. The van der Waals surface area contributed by atoms with Crippen molar-refractivity contribution in [1.82, 2.24) is 0 Å². The molecule has 0 radical (unpaired) electrons. The predicted molar refractivity (Wildman–Crippen MR) is 96.3 cm³/mol. The van der Waals surface area contributed by atoms with E-state index in [4.69, 9.17) is 4.74 Å². The summed E-state index contributed by atoms with van der Waals surface area (Å²) in [6.45, 7) is 5.27. The molecule has 0 aliphatic rings. The van der Waals surface area contributed by atoms with Crippen molar-refractivity contribution in [2.75, 3.05) is 19.8 Å². The van der Waals surface area contributed by atoms with Gasteiger partial charge in [0.15, 0.2) is 5.12 Å². The van der Waals surface area contributed by atoms with Gasteiger partial charge in [0.05, 0.1) is 25.1 Å². The number of carbonyl (C=O) groups is 1. The minimum absolute atomic E-state index is 0.00901. The summed E-state index contributed by atoms with van der Waals surface area (Å²) in [4.78, 5) is 11.9. The van der Waals surface area contributed by atoms with Crippen LogP contribution in [0.4, 0.5) is 0 Å². The van der Waals surface area contributed by atoms with Gasteiger partial charge in [0, 0.05) is 6.42 Å². The zero-order chi connectivity index (χ0) is 16.5. The highest BCUT2D eigenvalue weighted by Gasteiger charge is 2.13. The third kappa shape index (κ3) is 14.6. The Balaban J connectivity index is 3.58. The predicted octanol–water partition coefficient (Wildman–Crippen LogP) is 4.73. The summed E-state index contributed by atoms with van der Waals surface area (Å²) < 4.78 is 5.45. The van der Waals surface area contributed by atoms with Gasteiger partial charge in [0.2, 0.25) is 0 Å². The van der Waals surface area contributed by atoms with Gasteiger partial charge in [-0.25, -0.2) is 0 Å². The van der Waals surface area contributed by atoms with Crippen LogP contribution in [0.3, 0.4) is 0 Å². The Hall–Kier alpha value is -0.320. The number of aliphatic hydroxyl groups excluding tert-OH is 1. The largest absolute Gasteiger partial charge is 0.395 e. The number of carbonyl (C=O) groups excluding carboxylic acids is 1. The minimum Gasteiger partial charge on any atom is -0.395 e.